The number of aliphatic hydroxyl groups excluding tert-OH is 1. The quantitative estimate of drug-likeness (QED) is 0.504. The molecule has 30 heavy (non-hydrogen) atoms. The molecule has 1 unspecified atom stereocenters. The summed E-state index contributed by atoms with van der Waals surface area (Å²) in [4.78, 5) is 13.0. The lowest BCUT2D eigenvalue weighted by Crippen LogP contribution is -2.39. The van der Waals surface area contributed by atoms with E-state index in [4.69, 9.17) is 4.74 Å². The van der Waals surface area contributed by atoms with Crippen LogP contribution >= 0.6 is 0 Å². The fraction of sp³-hybridized carbons (Fsp3) is 0.222. The molecule has 1 atom stereocenters. The molecule has 0 saturated heterocycles. The van der Waals surface area contributed by atoms with Crippen molar-refractivity contribution < 1.29 is 14.6 Å². The molecule has 0 radical (unpaired) electrons. The van der Waals surface area contributed by atoms with Gasteiger partial charge in [-0.3, -0.25) is 0 Å². The van der Waals surface area contributed by atoms with E-state index in [9.17, 15) is 9.90 Å². The van der Waals surface area contributed by atoms with Gasteiger partial charge in [-0.1, -0.05) is 91.0 Å². The van der Waals surface area contributed by atoms with Crippen LogP contribution in [0.25, 0.3) is 0 Å². The first-order valence-electron chi connectivity index (χ1n) is 10.4. The second-order valence-electron chi connectivity index (χ2n) is 7.85. The Hall–Kier alpha value is -3.33. The molecule has 4 rings (SSSR count). The molecule has 0 aliphatic carbocycles. The normalized spacial score (nSPS) is 18.9. The van der Waals surface area contributed by atoms with E-state index in [0.29, 0.717) is 18.4 Å². The van der Waals surface area contributed by atoms with E-state index < -0.39 is 11.6 Å². The number of aryl methyl sites for hydroxylation is 1. The minimum atomic E-state index is -0.896. The number of hydrogen-bond acceptors (Lipinski definition) is 3. The highest BCUT2D eigenvalue weighted by atomic mass is 16.6. The van der Waals surface area contributed by atoms with Crippen LogP contribution < -0.4 is 0 Å². The Kier molecular flexibility index (Phi) is 5.99. The Labute approximate surface area is 177 Å². The van der Waals surface area contributed by atoms with Crippen molar-refractivity contribution in [3.05, 3.63) is 119 Å². The zero-order valence-corrected chi connectivity index (χ0v) is 17.0. The average Bonchev–Trinajstić information content (AvgIpc) is 2.78. The number of rotatable bonds is 7. The molecular formula is C27H26O3. The number of esters is 1. The van der Waals surface area contributed by atoms with E-state index >= 15 is 0 Å². The molecule has 0 aromatic heterocycles. The van der Waals surface area contributed by atoms with Crippen molar-refractivity contribution in [2.24, 2.45) is 0 Å². The van der Waals surface area contributed by atoms with E-state index in [-0.39, 0.29) is 12.2 Å². The van der Waals surface area contributed by atoms with E-state index in [1.807, 2.05) is 78.9 Å². The van der Waals surface area contributed by atoms with Gasteiger partial charge in [0.2, 0.25) is 0 Å². The van der Waals surface area contributed by atoms with Crippen LogP contribution in [-0.2, 0) is 28.0 Å². The Morgan fingerprint density at radius 2 is 1.33 bits per heavy atom. The predicted molar refractivity (Wildman–Crippen MR) is 118 cm³/mol. The second-order valence-corrected chi connectivity index (χ2v) is 7.85. The number of ether oxygens (including phenoxy) is 1. The van der Waals surface area contributed by atoms with Crippen molar-refractivity contribution in [2.75, 3.05) is 0 Å². The molecule has 1 aliphatic heterocycles. The molecule has 0 amide bonds. The molecule has 1 N–H and O–H groups in total. The first kappa shape index (κ1) is 20.0. The lowest BCUT2D eigenvalue weighted by atomic mass is 9.81. The van der Waals surface area contributed by atoms with Crippen molar-refractivity contribution in [3.63, 3.8) is 0 Å². The maximum atomic E-state index is 13.0. The maximum Gasteiger partial charge on any atom is 0.338 e. The molecule has 3 nitrogen and oxygen atoms in total. The van der Waals surface area contributed by atoms with E-state index in [1.165, 1.54) is 5.56 Å². The number of benzene rings is 3. The average molecular weight is 399 g/mol. The summed E-state index contributed by atoms with van der Waals surface area (Å²) in [7, 11) is 0. The minimum Gasteiger partial charge on any atom is -0.512 e. The first-order valence-corrected chi connectivity index (χ1v) is 10.4. The van der Waals surface area contributed by atoms with Gasteiger partial charge in [0.25, 0.3) is 0 Å². The third-order valence-corrected chi connectivity index (χ3v) is 5.70. The number of hydrogen-bond donors (Lipinski definition) is 1. The van der Waals surface area contributed by atoms with Gasteiger partial charge >= 0.3 is 5.97 Å². The molecule has 0 bridgehead atoms. The van der Waals surface area contributed by atoms with Crippen molar-refractivity contribution in [1.82, 2.24) is 0 Å². The molecule has 0 spiro atoms. The Balaban J connectivity index is 1.57. The number of aliphatic hydroxyl groups is 1. The van der Waals surface area contributed by atoms with Crippen molar-refractivity contribution >= 4 is 5.97 Å². The zero-order valence-electron chi connectivity index (χ0n) is 17.0. The van der Waals surface area contributed by atoms with Crippen LogP contribution in [0.5, 0.6) is 0 Å². The van der Waals surface area contributed by atoms with Gasteiger partial charge in [0.05, 0.1) is 12.0 Å². The smallest absolute Gasteiger partial charge is 0.338 e. The fourth-order valence-corrected chi connectivity index (χ4v) is 4.16. The number of carbonyl (C=O) groups excluding carboxylic acids is 1. The summed E-state index contributed by atoms with van der Waals surface area (Å²) in [6.45, 7) is 0. The van der Waals surface area contributed by atoms with E-state index in [1.54, 1.807) is 0 Å². The van der Waals surface area contributed by atoms with Gasteiger partial charge in [0.15, 0.2) is 0 Å². The van der Waals surface area contributed by atoms with Crippen molar-refractivity contribution in [1.29, 1.82) is 0 Å². The fourth-order valence-electron chi connectivity index (χ4n) is 4.16. The summed E-state index contributed by atoms with van der Waals surface area (Å²) in [6, 6.07) is 29.9. The van der Waals surface area contributed by atoms with Gasteiger partial charge in [-0.15, -0.1) is 0 Å². The van der Waals surface area contributed by atoms with Crippen LogP contribution in [-0.4, -0.2) is 11.1 Å². The highest BCUT2D eigenvalue weighted by Crippen LogP contribution is 2.41. The van der Waals surface area contributed by atoms with Gasteiger partial charge in [-0.05, 0) is 36.0 Å². The largest absolute Gasteiger partial charge is 0.512 e. The van der Waals surface area contributed by atoms with Crippen molar-refractivity contribution in [2.45, 2.75) is 37.7 Å². The molecule has 3 heteroatoms. The summed E-state index contributed by atoms with van der Waals surface area (Å²) >= 11 is 0. The van der Waals surface area contributed by atoms with Crippen LogP contribution in [0, 0.1) is 0 Å². The van der Waals surface area contributed by atoms with Crippen LogP contribution in [0.4, 0.5) is 0 Å². The topological polar surface area (TPSA) is 46.5 Å². The third-order valence-electron chi connectivity index (χ3n) is 5.70. The highest BCUT2D eigenvalue weighted by Gasteiger charge is 2.43. The standard InChI is InChI=1S/C27H26O3/c28-25-20-27(23-16-8-3-9-17-23,19-22-13-6-2-7-14-22)30-26(29)24(25)18-10-15-21-11-4-1-5-12-21/h1-9,11-14,16-17,28H,10,15,18-20H2. The Morgan fingerprint density at radius 1 is 0.767 bits per heavy atom. The van der Waals surface area contributed by atoms with Crippen molar-refractivity contribution in [3.8, 4) is 0 Å². The third kappa shape index (κ3) is 4.46. The summed E-state index contributed by atoms with van der Waals surface area (Å²) < 4.78 is 6.09. The van der Waals surface area contributed by atoms with Gasteiger partial charge in [-0.2, -0.15) is 0 Å². The monoisotopic (exact) mass is 398 g/mol. The summed E-state index contributed by atoms with van der Waals surface area (Å²) in [5, 5.41) is 10.9. The van der Waals surface area contributed by atoms with E-state index in [0.717, 1.165) is 24.0 Å². The Morgan fingerprint density at radius 3 is 1.93 bits per heavy atom. The minimum absolute atomic E-state index is 0.152. The van der Waals surface area contributed by atoms with Crippen LogP contribution in [0.15, 0.2) is 102 Å². The SMILES string of the molecule is O=C1OC(Cc2ccccc2)(c2ccccc2)CC(O)=C1CCCc1ccccc1. The van der Waals surface area contributed by atoms with Gasteiger partial charge < -0.3 is 9.84 Å². The lowest BCUT2D eigenvalue weighted by molar-refractivity contribution is -0.160. The summed E-state index contributed by atoms with van der Waals surface area (Å²) in [5.74, 6) is -0.259. The van der Waals surface area contributed by atoms with Crippen LogP contribution in [0.2, 0.25) is 0 Å². The summed E-state index contributed by atoms with van der Waals surface area (Å²) in [6.07, 6.45) is 2.97. The lowest BCUT2D eigenvalue weighted by Gasteiger charge is -2.38. The molecule has 1 heterocycles. The first-order chi connectivity index (χ1) is 14.7. The molecular weight excluding hydrogens is 372 g/mol. The van der Waals surface area contributed by atoms with E-state index in [2.05, 4.69) is 12.1 Å². The number of cyclic esters (lactones) is 1. The molecule has 152 valence electrons. The molecule has 0 saturated carbocycles. The van der Waals surface area contributed by atoms with Gasteiger partial charge in [-0.25, -0.2) is 4.79 Å². The molecule has 1 aliphatic rings. The second kappa shape index (κ2) is 9.00. The predicted octanol–water partition coefficient (Wildman–Crippen LogP) is 5.91. The molecule has 3 aromatic rings. The Bertz CT molecular complexity index is 1010. The molecule has 3 aromatic carbocycles. The molecule has 0 fully saturated rings. The highest BCUT2D eigenvalue weighted by molar-refractivity contribution is 5.90. The zero-order chi connectivity index (χ0) is 20.8. The van der Waals surface area contributed by atoms with Gasteiger partial charge in [0.1, 0.15) is 11.4 Å². The van der Waals surface area contributed by atoms with Crippen LogP contribution in [0.1, 0.15) is 36.0 Å². The van der Waals surface area contributed by atoms with Gasteiger partial charge in [0, 0.05) is 6.42 Å². The maximum absolute atomic E-state index is 13.0. The number of carbonyl (C=O) groups is 1. The van der Waals surface area contributed by atoms with Crippen LogP contribution in [0.3, 0.4) is 0 Å². The summed E-state index contributed by atoms with van der Waals surface area (Å²) in [5.41, 5.74) is 2.70.